The summed E-state index contributed by atoms with van der Waals surface area (Å²) in [5.41, 5.74) is 0. The van der Waals surface area contributed by atoms with Gasteiger partial charge in [0.1, 0.15) is 5.82 Å². The summed E-state index contributed by atoms with van der Waals surface area (Å²) in [5.74, 6) is 0.693. The van der Waals surface area contributed by atoms with Crippen molar-refractivity contribution in [1.29, 1.82) is 0 Å². The van der Waals surface area contributed by atoms with Crippen LogP contribution in [0, 0.1) is 11.7 Å². The molecule has 0 unspecified atom stereocenters. The third kappa shape index (κ3) is 3.52. The number of nitrogens with one attached hydrogen (secondary N) is 1. The molecule has 0 heterocycles. The first kappa shape index (κ1) is 11.5. The molecule has 0 aliphatic heterocycles. The second-order valence-electron chi connectivity index (χ2n) is 3.97. The molecule has 1 saturated carbocycles. The van der Waals surface area contributed by atoms with Crippen molar-refractivity contribution in [2.24, 2.45) is 5.92 Å². The molecule has 0 aromatic heterocycles. The standard InChI is InChI=1S/C12H14FNOS/c13-10-3-1-2-4-11(10)16-8-12(15)14-7-9-5-6-9/h1-4,9H,5-8H2,(H,14,15). The molecule has 0 atom stereocenters. The van der Waals surface area contributed by atoms with E-state index in [9.17, 15) is 9.18 Å². The van der Waals surface area contributed by atoms with Crippen LogP contribution in [0.4, 0.5) is 4.39 Å². The second-order valence-corrected chi connectivity index (χ2v) is 4.98. The molecule has 2 nitrogen and oxygen atoms in total. The Balaban J connectivity index is 1.73. The monoisotopic (exact) mass is 239 g/mol. The molecule has 0 saturated heterocycles. The van der Waals surface area contributed by atoms with Gasteiger partial charge in [0.05, 0.1) is 5.75 Å². The molecular formula is C12H14FNOS. The molecule has 86 valence electrons. The number of thioether (sulfide) groups is 1. The van der Waals surface area contributed by atoms with E-state index < -0.39 is 0 Å². The van der Waals surface area contributed by atoms with Gasteiger partial charge in [-0.3, -0.25) is 4.79 Å². The van der Waals surface area contributed by atoms with Crippen molar-refractivity contribution in [3.63, 3.8) is 0 Å². The Morgan fingerprint density at radius 3 is 2.88 bits per heavy atom. The highest BCUT2D eigenvalue weighted by molar-refractivity contribution is 8.00. The van der Waals surface area contributed by atoms with Gasteiger partial charge in [0.15, 0.2) is 0 Å². The van der Waals surface area contributed by atoms with E-state index in [2.05, 4.69) is 5.32 Å². The van der Waals surface area contributed by atoms with Crippen molar-refractivity contribution in [3.05, 3.63) is 30.1 Å². The Morgan fingerprint density at radius 1 is 1.44 bits per heavy atom. The van der Waals surface area contributed by atoms with E-state index in [1.54, 1.807) is 18.2 Å². The van der Waals surface area contributed by atoms with E-state index >= 15 is 0 Å². The topological polar surface area (TPSA) is 29.1 Å². The smallest absolute Gasteiger partial charge is 0.230 e. The van der Waals surface area contributed by atoms with Gasteiger partial charge in [-0.2, -0.15) is 0 Å². The lowest BCUT2D eigenvalue weighted by Crippen LogP contribution is -2.27. The Morgan fingerprint density at radius 2 is 2.19 bits per heavy atom. The molecule has 1 N–H and O–H groups in total. The fourth-order valence-electron chi connectivity index (χ4n) is 1.34. The highest BCUT2D eigenvalue weighted by atomic mass is 32.2. The number of benzene rings is 1. The van der Waals surface area contributed by atoms with E-state index in [0.717, 1.165) is 6.54 Å². The molecule has 1 fully saturated rings. The van der Waals surface area contributed by atoms with Gasteiger partial charge in [0, 0.05) is 11.4 Å². The van der Waals surface area contributed by atoms with Crippen molar-refractivity contribution in [2.75, 3.05) is 12.3 Å². The molecule has 1 aromatic rings. The maximum absolute atomic E-state index is 13.2. The third-order valence-corrected chi connectivity index (χ3v) is 3.53. The van der Waals surface area contributed by atoms with Crippen LogP contribution in [0.5, 0.6) is 0 Å². The Bertz CT molecular complexity index is 379. The summed E-state index contributed by atoms with van der Waals surface area (Å²) in [5, 5.41) is 2.85. The van der Waals surface area contributed by atoms with Crippen LogP contribution in [0.1, 0.15) is 12.8 Å². The van der Waals surface area contributed by atoms with E-state index in [1.807, 2.05) is 0 Å². The summed E-state index contributed by atoms with van der Waals surface area (Å²) in [7, 11) is 0. The SMILES string of the molecule is O=C(CSc1ccccc1F)NCC1CC1. The number of rotatable bonds is 5. The zero-order valence-electron chi connectivity index (χ0n) is 8.91. The molecule has 16 heavy (non-hydrogen) atoms. The molecule has 1 aliphatic rings. The van der Waals surface area contributed by atoms with Crippen LogP contribution in [0.25, 0.3) is 0 Å². The predicted molar refractivity (Wildman–Crippen MR) is 62.9 cm³/mol. The van der Waals surface area contributed by atoms with Crippen molar-refractivity contribution in [3.8, 4) is 0 Å². The van der Waals surface area contributed by atoms with Crippen LogP contribution >= 0.6 is 11.8 Å². The van der Waals surface area contributed by atoms with Gasteiger partial charge in [0.2, 0.25) is 5.91 Å². The van der Waals surface area contributed by atoms with E-state index in [4.69, 9.17) is 0 Å². The average molecular weight is 239 g/mol. The molecule has 0 bridgehead atoms. The lowest BCUT2D eigenvalue weighted by atomic mass is 10.3. The van der Waals surface area contributed by atoms with Crippen LogP contribution in [0.2, 0.25) is 0 Å². The summed E-state index contributed by atoms with van der Waals surface area (Å²) in [6, 6.07) is 6.51. The summed E-state index contributed by atoms with van der Waals surface area (Å²) in [4.78, 5) is 11.9. The third-order valence-electron chi connectivity index (χ3n) is 2.48. The predicted octanol–water partition coefficient (Wildman–Crippen LogP) is 2.44. The van der Waals surface area contributed by atoms with Crippen LogP contribution in [0.15, 0.2) is 29.2 Å². The zero-order chi connectivity index (χ0) is 11.4. The van der Waals surface area contributed by atoms with E-state index in [0.29, 0.717) is 10.8 Å². The molecular weight excluding hydrogens is 225 g/mol. The minimum absolute atomic E-state index is 0.0137. The zero-order valence-corrected chi connectivity index (χ0v) is 9.73. The largest absolute Gasteiger partial charge is 0.355 e. The molecule has 1 amide bonds. The minimum Gasteiger partial charge on any atom is -0.355 e. The Labute approximate surface area is 98.6 Å². The van der Waals surface area contributed by atoms with Crippen molar-refractivity contribution < 1.29 is 9.18 Å². The first-order valence-corrected chi connectivity index (χ1v) is 6.38. The molecule has 0 radical (unpaired) electrons. The van der Waals surface area contributed by atoms with E-state index in [-0.39, 0.29) is 17.5 Å². The van der Waals surface area contributed by atoms with Gasteiger partial charge < -0.3 is 5.32 Å². The number of halogens is 1. The number of hydrogen-bond donors (Lipinski definition) is 1. The minimum atomic E-state index is -0.262. The quantitative estimate of drug-likeness (QED) is 0.800. The molecule has 1 aromatic carbocycles. The first-order valence-electron chi connectivity index (χ1n) is 5.40. The highest BCUT2D eigenvalue weighted by Crippen LogP contribution is 2.27. The van der Waals surface area contributed by atoms with Crippen LogP contribution in [-0.2, 0) is 4.79 Å². The number of carbonyl (C=O) groups is 1. The highest BCUT2D eigenvalue weighted by Gasteiger charge is 2.21. The fourth-order valence-corrected chi connectivity index (χ4v) is 2.11. The summed E-state index contributed by atoms with van der Waals surface area (Å²) < 4.78 is 13.2. The van der Waals surface area contributed by atoms with Crippen LogP contribution < -0.4 is 5.32 Å². The van der Waals surface area contributed by atoms with Gasteiger partial charge in [0.25, 0.3) is 0 Å². The molecule has 4 heteroatoms. The number of amides is 1. The van der Waals surface area contributed by atoms with Crippen LogP contribution in [-0.4, -0.2) is 18.2 Å². The summed E-state index contributed by atoms with van der Waals surface area (Å²) in [6.07, 6.45) is 2.45. The van der Waals surface area contributed by atoms with Gasteiger partial charge in [-0.25, -0.2) is 4.39 Å². The summed E-state index contributed by atoms with van der Waals surface area (Å²) >= 11 is 1.24. The van der Waals surface area contributed by atoms with Crippen molar-refractivity contribution in [2.45, 2.75) is 17.7 Å². The van der Waals surface area contributed by atoms with Gasteiger partial charge >= 0.3 is 0 Å². The molecule has 0 spiro atoms. The Kier molecular flexibility index (Phi) is 3.83. The second kappa shape index (κ2) is 5.34. The summed E-state index contributed by atoms with van der Waals surface area (Å²) in [6.45, 7) is 0.774. The first-order chi connectivity index (χ1) is 7.75. The molecule has 2 rings (SSSR count). The lowest BCUT2D eigenvalue weighted by Gasteiger charge is -2.04. The van der Waals surface area contributed by atoms with Gasteiger partial charge in [-0.05, 0) is 30.9 Å². The fraction of sp³-hybridized carbons (Fsp3) is 0.417. The van der Waals surface area contributed by atoms with Crippen molar-refractivity contribution in [1.82, 2.24) is 5.32 Å². The number of hydrogen-bond acceptors (Lipinski definition) is 2. The maximum Gasteiger partial charge on any atom is 0.230 e. The van der Waals surface area contributed by atoms with E-state index in [1.165, 1.54) is 30.7 Å². The number of carbonyl (C=O) groups excluding carboxylic acids is 1. The van der Waals surface area contributed by atoms with Gasteiger partial charge in [-0.15, -0.1) is 11.8 Å². The molecule has 1 aliphatic carbocycles. The maximum atomic E-state index is 13.2. The lowest BCUT2D eigenvalue weighted by molar-refractivity contribution is -0.118. The van der Waals surface area contributed by atoms with Crippen LogP contribution in [0.3, 0.4) is 0 Å². The van der Waals surface area contributed by atoms with Crippen molar-refractivity contribution >= 4 is 17.7 Å². The Hall–Kier alpha value is -1.03. The normalized spacial score (nSPS) is 14.8. The van der Waals surface area contributed by atoms with Gasteiger partial charge in [-0.1, -0.05) is 12.1 Å². The average Bonchev–Trinajstić information content (AvgIpc) is 3.09.